The molecule has 0 rings (SSSR count). The summed E-state index contributed by atoms with van der Waals surface area (Å²) < 4.78 is 4.02. The van der Waals surface area contributed by atoms with Gasteiger partial charge in [0.05, 0.1) is 25.4 Å². The quantitative estimate of drug-likeness (QED) is 0.126. The predicted octanol–water partition coefficient (Wildman–Crippen LogP) is -3.25. The van der Waals surface area contributed by atoms with Crippen molar-refractivity contribution in [1.29, 1.82) is 0 Å². The third-order valence-electron chi connectivity index (χ3n) is 1.62. The number of nitrogens with two attached hydrogens (primary N) is 2. The van der Waals surface area contributed by atoms with Gasteiger partial charge < -0.3 is 35.7 Å². The molecule has 0 aromatic carbocycles. The molecule has 120 valence electrons. The molecule has 0 unspecified atom stereocenters. The first-order valence-corrected chi connectivity index (χ1v) is 4.87. The van der Waals surface area contributed by atoms with Crippen molar-refractivity contribution in [2.75, 3.05) is 26.6 Å². The van der Waals surface area contributed by atoms with Gasteiger partial charge >= 0.3 is 11.9 Å². The molecule has 0 aromatic heterocycles. The van der Waals surface area contributed by atoms with E-state index < -0.39 is 44.1 Å². The minimum absolute atomic E-state index is 0. The molecule has 20 heavy (non-hydrogen) atoms. The number of rotatable bonds is 6. The van der Waals surface area contributed by atoms with Crippen LogP contribution in [0.3, 0.4) is 0 Å². The van der Waals surface area contributed by atoms with E-state index in [0.717, 1.165) is 12.2 Å². The second-order valence-electron chi connectivity index (χ2n) is 3.20. The van der Waals surface area contributed by atoms with E-state index in [4.69, 9.17) is 26.2 Å². The third-order valence-corrected chi connectivity index (χ3v) is 1.62. The number of hydrogen-bond donors (Lipinski definition) is 6. The van der Waals surface area contributed by atoms with Crippen LogP contribution in [0.4, 0.5) is 0 Å². The Morgan fingerprint density at radius 3 is 1.65 bits per heavy atom. The molecule has 0 spiro atoms. The lowest BCUT2D eigenvalue weighted by atomic mass is 10.1. The zero-order valence-electron chi connectivity index (χ0n) is 10.1. The summed E-state index contributed by atoms with van der Waals surface area (Å²) in [4.78, 5) is 24.2. The SMILES string of the molecule is C.NC(CO)(CO)CO.NOC(=O)/C=C\C(=O)OCO. The molecule has 0 fully saturated rings. The largest absolute Gasteiger partial charge is 0.436 e. The van der Waals surface area contributed by atoms with Crippen LogP contribution >= 0.6 is 0 Å². The fourth-order valence-electron chi connectivity index (χ4n) is 0.437. The molecular weight excluding hydrogens is 276 g/mol. The molecule has 0 atom stereocenters. The Bertz CT molecular complexity index is 283. The van der Waals surface area contributed by atoms with Crippen molar-refractivity contribution >= 4 is 11.9 Å². The fourth-order valence-corrected chi connectivity index (χ4v) is 0.437. The van der Waals surface area contributed by atoms with E-state index in [0.29, 0.717) is 0 Å². The molecule has 0 aromatic rings. The van der Waals surface area contributed by atoms with Crippen LogP contribution < -0.4 is 11.6 Å². The first-order valence-electron chi connectivity index (χ1n) is 4.87. The minimum atomic E-state index is -1.21. The van der Waals surface area contributed by atoms with Gasteiger partial charge in [0.2, 0.25) is 0 Å². The van der Waals surface area contributed by atoms with Crippen LogP contribution in [0.25, 0.3) is 0 Å². The van der Waals surface area contributed by atoms with Gasteiger partial charge in [0.25, 0.3) is 0 Å². The van der Waals surface area contributed by atoms with Gasteiger partial charge in [-0.2, -0.15) is 5.90 Å². The van der Waals surface area contributed by atoms with E-state index in [2.05, 4.69) is 15.5 Å². The summed E-state index contributed by atoms with van der Waals surface area (Å²) in [7, 11) is 0. The first kappa shape index (κ1) is 23.5. The Morgan fingerprint density at radius 1 is 1.00 bits per heavy atom. The Labute approximate surface area is 116 Å². The maximum atomic E-state index is 10.3. The van der Waals surface area contributed by atoms with Crippen LogP contribution in [0.5, 0.6) is 0 Å². The maximum Gasteiger partial charge on any atom is 0.349 e. The summed E-state index contributed by atoms with van der Waals surface area (Å²) in [6.45, 7) is -1.94. The lowest BCUT2D eigenvalue weighted by Gasteiger charge is -2.20. The van der Waals surface area contributed by atoms with Gasteiger partial charge in [-0.3, -0.25) is 0 Å². The minimum Gasteiger partial charge on any atom is -0.436 e. The van der Waals surface area contributed by atoms with Gasteiger partial charge in [-0.1, -0.05) is 7.43 Å². The van der Waals surface area contributed by atoms with E-state index in [9.17, 15) is 9.59 Å². The highest BCUT2D eigenvalue weighted by Gasteiger charge is 2.20. The van der Waals surface area contributed by atoms with Crippen LogP contribution in [0.2, 0.25) is 0 Å². The summed E-state index contributed by atoms with van der Waals surface area (Å²) in [5.74, 6) is 2.71. The zero-order valence-corrected chi connectivity index (χ0v) is 10.1. The number of ether oxygens (including phenoxy) is 1. The topological polar surface area (TPSA) is 186 Å². The highest BCUT2D eigenvalue weighted by atomic mass is 16.7. The highest BCUT2D eigenvalue weighted by Crippen LogP contribution is 1.93. The molecule has 0 saturated carbocycles. The van der Waals surface area contributed by atoms with Crippen LogP contribution in [0.15, 0.2) is 12.2 Å². The second kappa shape index (κ2) is 13.9. The van der Waals surface area contributed by atoms with Gasteiger partial charge in [0.15, 0.2) is 6.79 Å². The van der Waals surface area contributed by atoms with Crippen molar-refractivity contribution in [2.24, 2.45) is 11.6 Å². The maximum absolute atomic E-state index is 10.3. The molecule has 10 heteroatoms. The molecule has 8 N–H and O–H groups in total. The molecular formula is C10H22N2O8. The molecule has 0 saturated heterocycles. The molecule has 0 bridgehead atoms. The number of esters is 1. The van der Waals surface area contributed by atoms with Crippen molar-refractivity contribution in [3.05, 3.63) is 12.2 Å². The first-order chi connectivity index (χ1) is 8.88. The van der Waals surface area contributed by atoms with Crippen LogP contribution in [0, 0.1) is 0 Å². The summed E-state index contributed by atoms with van der Waals surface area (Å²) in [5.41, 5.74) is 3.94. The molecule has 0 aliphatic heterocycles. The molecule has 0 aliphatic rings. The van der Waals surface area contributed by atoms with Crippen molar-refractivity contribution in [3.63, 3.8) is 0 Å². The summed E-state index contributed by atoms with van der Waals surface area (Å²) in [6.07, 6.45) is 1.56. The van der Waals surface area contributed by atoms with E-state index in [-0.39, 0.29) is 7.43 Å². The third kappa shape index (κ3) is 12.9. The summed E-state index contributed by atoms with van der Waals surface area (Å²) >= 11 is 0. The summed E-state index contributed by atoms with van der Waals surface area (Å²) in [5, 5.41) is 33.1. The summed E-state index contributed by atoms with van der Waals surface area (Å²) in [6, 6.07) is 0. The second-order valence-corrected chi connectivity index (χ2v) is 3.20. The Hall–Kier alpha value is -1.56. The fraction of sp³-hybridized carbons (Fsp3) is 0.600. The van der Waals surface area contributed by atoms with Crippen LogP contribution in [-0.2, 0) is 19.2 Å². The van der Waals surface area contributed by atoms with Gasteiger partial charge in [0.1, 0.15) is 0 Å². The van der Waals surface area contributed by atoms with Crippen LogP contribution in [0.1, 0.15) is 7.43 Å². The Kier molecular flexibility index (Phi) is 16.3. The van der Waals surface area contributed by atoms with Gasteiger partial charge in [-0.25, -0.2) is 9.59 Å². The average molecular weight is 298 g/mol. The van der Waals surface area contributed by atoms with Crippen LogP contribution in [-0.4, -0.2) is 64.5 Å². The van der Waals surface area contributed by atoms with E-state index in [1.54, 1.807) is 0 Å². The van der Waals surface area contributed by atoms with Crippen molar-refractivity contribution in [1.82, 2.24) is 0 Å². The lowest BCUT2D eigenvalue weighted by Crippen LogP contribution is -2.50. The molecule has 10 nitrogen and oxygen atoms in total. The van der Waals surface area contributed by atoms with Gasteiger partial charge in [-0.15, -0.1) is 0 Å². The average Bonchev–Trinajstić information content (AvgIpc) is 2.44. The van der Waals surface area contributed by atoms with Crippen molar-refractivity contribution in [3.8, 4) is 0 Å². The number of aliphatic hydroxyl groups excluding tert-OH is 4. The molecule has 0 heterocycles. The predicted molar refractivity (Wildman–Crippen MR) is 67.5 cm³/mol. The Morgan fingerprint density at radius 2 is 1.40 bits per heavy atom. The van der Waals surface area contributed by atoms with E-state index in [1.807, 2.05) is 0 Å². The lowest BCUT2D eigenvalue weighted by molar-refractivity contribution is -0.146. The van der Waals surface area contributed by atoms with Crippen molar-refractivity contribution in [2.45, 2.75) is 13.0 Å². The number of hydrogen-bond acceptors (Lipinski definition) is 10. The Balaban J connectivity index is -0.000000288. The normalized spacial score (nSPS) is 10.1. The van der Waals surface area contributed by atoms with Gasteiger partial charge in [-0.05, 0) is 0 Å². The highest BCUT2D eigenvalue weighted by molar-refractivity contribution is 5.91. The smallest absolute Gasteiger partial charge is 0.349 e. The number of aliphatic hydroxyl groups is 4. The standard InChI is InChI=1S/C5H7NO5.C4H11NO3.CH4/c6-11-5(9)2-1-4(8)10-3-7;5-4(1-6,2-7)3-8;/h1-2,7H,3,6H2;6-8H,1-3,5H2;1H4/b2-1-;;. The molecule has 0 amide bonds. The van der Waals surface area contributed by atoms with Crippen molar-refractivity contribution < 1.29 is 39.6 Å². The monoisotopic (exact) mass is 298 g/mol. The zero-order chi connectivity index (χ0) is 15.3. The molecule has 0 radical (unpaired) electrons. The number of carbonyl (C=O) groups is 2. The van der Waals surface area contributed by atoms with E-state index >= 15 is 0 Å². The number of carbonyl (C=O) groups excluding carboxylic acids is 2. The van der Waals surface area contributed by atoms with Gasteiger partial charge in [0, 0.05) is 12.2 Å². The molecule has 0 aliphatic carbocycles. The van der Waals surface area contributed by atoms with E-state index in [1.165, 1.54) is 0 Å².